The van der Waals surface area contributed by atoms with Gasteiger partial charge in [0.15, 0.2) is 6.04 Å². The summed E-state index contributed by atoms with van der Waals surface area (Å²) in [5.74, 6) is -0.0260. The highest BCUT2D eigenvalue weighted by Gasteiger charge is 2.35. The summed E-state index contributed by atoms with van der Waals surface area (Å²) in [6, 6.07) is -0.304. The lowest BCUT2D eigenvalue weighted by atomic mass is 10.2. The van der Waals surface area contributed by atoms with Crippen LogP contribution in [-0.2, 0) is 4.79 Å². The van der Waals surface area contributed by atoms with Crippen LogP contribution in [-0.4, -0.2) is 49.1 Å². The minimum absolute atomic E-state index is 0.0260. The first-order chi connectivity index (χ1) is 7.20. The van der Waals surface area contributed by atoms with Gasteiger partial charge >= 0.3 is 6.03 Å². The van der Waals surface area contributed by atoms with Crippen molar-refractivity contribution in [1.29, 1.82) is 0 Å². The van der Waals surface area contributed by atoms with E-state index in [0.717, 1.165) is 13.1 Å². The van der Waals surface area contributed by atoms with E-state index in [9.17, 15) is 9.59 Å². The molecule has 0 aromatic carbocycles. The molecule has 0 aromatic heterocycles. The van der Waals surface area contributed by atoms with Gasteiger partial charge in [-0.05, 0) is 6.92 Å². The summed E-state index contributed by atoms with van der Waals surface area (Å²) in [5, 5.41) is 2.65. The average molecular weight is 212 g/mol. The lowest BCUT2D eigenvalue weighted by Gasteiger charge is -2.23. The largest absolute Gasteiger partial charge is 0.336 e. The van der Waals surface area contributed by atoms with Gasteiger partial charge in [0.25, 0.3) is 5.91 Å². The summed E-state index contributed by atoms with van der Waals surface area (Å²) in [7, 11) is 0. The average Bonchev–Trinajstić information content (AvgIpc) is 2.85. The van der Waals surface area contributed by atoms with Gasteiger partial charge < -0.3 is 10.2 Å². The second kappa shape index (κ2) is 4.18. The number of nitrogens with zero attached hydrogens (tertiary/aromatic N) is 1. The van der Waals surface area contributed by atoms with Crippen molar-refractivity contribution in [2.75, 3.05) is 26.2 Å². The molecule has 2 saturated heterocycles. The Bertz CT molecular complexity index is 274. The highest BCUT2D eigenvalue weighted by molar-refractivity contribution is 5.97. The number of urea groups is 1. The Morgan fingerprint density at radius 3 is 2.67 bits per heavy atom. The number of likely N-dealkylation sites (tertiary alicyclic amines) is 1. The molecular formula is C10H18N3O2+. The fourth-order valence-corrected chi connectivity index (χ4v) is 2.35. The van der Waals surface area contributed by atoms with Crippen LogP contribution in [0, 0.1) is 0 Å². The number of rotatable bonds is 2. The van der Waals surface area contributed by atoms with Crippen LogP contribution < -0.4 is 10.2 Å². The minimum Gasteiger partial charge on any atom is -0.336 e. The van der Waals surface area contributed by atoms with Crippen LogP contribution >= 0.6 is 0 Å². The first-order valence-corrected chi connectivity index (χ1v) is 5.64. The summed E-state index contributed by atoms with van der Waals surface area (Å²) >= 11 is 0. The molecule has 1 atom stereocenters. The van der Waals surface area contributed by atoms with E-state index in [1.807, 2.05) is 6.92 Å². The van der Waals surface area contributed by atoms with Crippen molar-refractivity contribution in [3.63, 3.8) is 0 Å². The molecule has 0 aliphatic carbocycles. The summed E-state index contributed by atoms with van der Waals surface area (Å²) in [5.41, 5.74) is 0. The van der Waals surface area contributed by atoms with Crippen LogP contribution in [0.25, 0.3) is 0 Å². The Morgan fingerprint density at radius 1 is 1.47 bits per heavy atom. The quantitative estimate of drug-likeness (QED) is 0.592. The first-order valence-electron chi connectivity index (χ1n) is 5.64. The van der Waals surface area contributed by atoms with Crippen molar-refractivity contribution < 1.29 is 14.5 Å². The zero-order valence-electron chi connectivity index (χ0n) is 9.08. The predicted molar refractivity (Wildman–Crippen MR) is 54.5 cm³/mol. The lowest BCUT2D eigenvalue weighted by Crippen LogP contribution is -3.15. The first kappa shape index (κ1) is 10.4. The van der Waals surface area contributed by atoms with Gasteiger partial charge in [-0.1, -0.05) is 0 Å². The highest BCUT2D eigenvalue weighted by atomic mass is 16.2. The number of carbonyl (C=O) groups excluding carboxylic acids is 2. The molecule has 84 valence electrons. The number of hydrogen-bond donors (Lipinski definition) is 2. The van der Waals surface area contributed by atoms with Gasteiger partial charge in [-0.3, -0.25) is 9.69 Å². The van der Waals surface area contributed by atoms with E-state index in [2.05, 4.69) is 5.32 Å². The molecule has 0 bridgehead atoms. The van der Waals surface area contributed by atoms with Gasteiger partial charge in [-0.2, -0.15) is 0 Å². The van der Waals surface area contributed by atoms with Crippen LogP contribution in [0.4, 0.5) is 4.79 Å². The molecular weight excluding hydrogens is 194 g/mol. The zero-order valence-corrected chi connectivity index (χ0v) is 9.08. The Balaban J connectivity index is 1.97. The van der Waals surface area contributed by atoms with Crippen molar-refractivity contribution in [2.45, 2.75) is 25.8 Å². The van der Waals surface area contributed by atoms with Crippen LogP contribution in [0.1, 0.15) is 19.8 Å². The highest BCUT2D eigenvalue weighted by Crippen LogP contribution is 2.00. The summed E-state index contributed by atoms with van der Waals surface area (Å²) in [6.07, 6.45) is 2.39. The maximum Gasteiger partial charge on any atom is 0.324 e. The van der Waals surface area contributed by atoms with Gasteiger partial charge in [0.05, 0.1) is 13.1 Å². The van der Waals surface area contributed by atoms with Crippen LogP contribution in [0.15, 0.2) is 0 Å². The second-order valence-electron chi connectivity index (χ2n) is 4.31. The maximum absolute atomic E-state index is 12.0. The third-order valence-electron chi connectivity index (χ3n) is 3.35. The van der Waals surface area contributed by atoms with Crippen molar-refractivity contribution >= 4 is 11.9 Å². The lowest BCUT2D eigenvalue weighted by molar-refractivity contribution is -0.902. The van der Waals surface area contributed by atoms with Gasteiger partial charge in [0.1, 0.15) is 0 Å². The number of hydrogen-bond acceptors (Lipinski definition) is 2. The second-order valence-corrected chi connectivity index (χ2v) is 4.31. The number of imide groups is 1. The topological polar surface area (TPSA) is 53.9 Å². The normalized spacial score (nSPS) is 24.3. The van der Waals surface area contributed by atoms with E-state index in [0.29, 0.717) is 13.1 Å². The van der Waals surface area contributed by atoms with Crippen molar-refractivity contribution in [2.24, 2.45) is 0 Å². The van der Waals surface area contributed by atoms with Crippen molar-refractivity contribution in [3.05, 3.63) is 0 Å². The van der Waals surface area contributed by atoms with Gasteiger partial charge in [-0.25, -0.2) is 4.79 Å². The van der Waals surface area contributed by atoms with Crippen LogP contribution in [0.3, 0.4) is 0 Å². The van der Waals surface area contributed by atoms with Crippen molar-refractivity contribution in [1.82, 2.24) is 10.2 Å². The Morgan fingerprint density at radius 2 is 2.13 bits per heavy atom. The van der Waals surface area contributed by atoms with E-state index in [-0.39, 0.29) is 18.0 Å². The zero-order chi connectivity index (χ0) is 10.8. The molecule has 15 heavy (non-hydrogen) atoms. The van der Waals surface area contributed by atoms with E-state index in [4.69, 9.17) is 0 Å². The molecule has 5 nitrogen and oxygen atoms in total. The number of nitrogens with one attached hydrogen (secondary N) is 2. The Kier molecular flexibility index (Phi) is 2.90. The summed E-state index contributed by atoms with van der Waals surface area (Å²) in [4.78, 5) is 26.0. The Labute approximate surface area is 89.4 Å². The minimum atomic E-state index is -0.231. The molecule has 2 rings (SSSR count). The molecule has 2 N–H and O–H groups in total. The predicted octanol–water partition coefficient (Wildman–Crippen LogP) is -1.39. The van der Waals surface area contributed by atoms with E-state index in [1.54, 1.807) is 0 Å². The van der Waals surface area contributed by atoms with Crippen molar-refractivity contribution in [3.8, 4) is 0 Å². The number of quaternary nitrogens is 1. The molecule has 0 unspecified atom stereocenters. The van der Waals surface area contributed by atoms with Gasteiger partial charge in [-0.15, -0.1) is 0 Å². The third-order valence-corrected chi connectivity index (χ3v) is 3.35. The molecule has 2 heterocycles. The van der Waals surface area contributed by atoms with Gasteiger partial charge in [0, 0.05) is 25.9 Å². The molecule has 2 fully saturated rings. The van der Waals surface area contributed by atoms with Gasteiger partial charge in [0.2, 0.25) is 0 Å². The Hall–Kier alpha value is -1.10. The maximum atomic E-state index is 12.0. The summed E-state index contributed by atoms with van der Waals surface area (Å²) < 4.78 is 0. The monoisotopic (exact) mass is 212 g/mol. The fourth-order valence-electron chi connectivity index (χ4n) is 2.35. The molecule has 0 aromatic rings. The SMILES string of the molecule is C[C@@H](C(=O)N1CCNC1=O)[NH+]1CCCC1. The number of amides is 3. The van der Waals surface area contributed by atoms with E-state index in [1.165, 1.54) is 22.6 Å². The molecule has 0 saturated carbocycles. The molecule has 2 aliphatic heterocycles. The standard InChI is InChI=1S/C10H17N3O2/c1-8(12-5-2-3-6-12)9(14)13-7-4-11-10(13)15/h8H,2-7H2,1H3,(H,11,15)/p+1/t8-/m0/s1. The van der Waals surface area contributed by atoms with E-state index >= 15 is 0 Å². The smallest absolute Gasteiger partial charge is 0.324 e. The third kappa shape index (κ3) is 1.97. The molecule has 2 aliphatic rings. The molecule has 3 amide bonds. The fraction of sp³-hybridized carbons (Fsp3) is 0.800. The number of carbonyl (C=O) groups is 2. The molecule has 0 spiro atoms. The summed E-state index contributed by atoms with van der Waals surface area (Å²) in [6.45, 7) is 5.15. The van der Waals surface area contributed by atoms with Crippen LogP contribution in [0.2, 0.25) is 0 Å². The molecule has 0 radical (unpaired) electrons. The molecule has 5 heteroatoms. The van der Waals surface area contributed by atoms with Crippen LogP contribution in [0.5, 0.6) is 0 Å². The van der Waals surface area contributed by atoms with E-state index < -0.39 is 0 Å².